The second-order valence-electron chi connectivity index (χ2n) is 28.7. The molecule has 1 aromatic carbocycles. The van der Waals surface area contributed by atoms with Gasteiger partial charge >= 0.3 is 11.9 Å². The summed E-state index contributed by atoms with van der Waals surface area (Å²) in [6.07, 6.45) is -33.5. The standard InChI is InChI=1S/C66H100Cl2NO35/c1-25-39(50(81-13)41(68)42(71)40(25)67)58(74)97-46-26(2)89-36(17-33(46)93-37-19-62(8,69(76)77)54(84-16)29(5)90-37)95-45-28(4)100-65(18-32(45)70)103-55-30(6)91-38(20-63(55,9)104-65)96-51-44(73)59(92-27(3)47(51)80-12)98-48-34(21-78-10)94-61(52(82-14)43(48)72)99-60-53(83-15)49-35(22-85-60)101-66(102-49)57-56(86-24-87-57)64(75,23-88-66)31(7)79-11/h26-38,43-49,51-57,59-61,70-73,75-76H,17-24H2,1-16H3/q-1. The normalized spacial score (nSPS) is 48.5. The summed E-state index contributed by atoms with van der Waals surface area (Å²) >= 11 is 12.8. The number of phenols is 1. The molecule has 11 fully saturated rings. The van der Waals surface area contributed by atoms with E-state index in [1.807, 2.05) is 0 Å². The van der Waals surface area contributed by atoms with Crippen LogP contribution in [0.4, 0.5) is 0 Å². The van der Waals surface area contributed by atoms with Gasteiger partial charge < -0.3 is 164 Å². The van der Waals surface area contributed by atoms with E-state index in [1.54, 1.807) is 48.5 Å². The lowest BCUT2D eigenvalue weighted by Crippen LogP contribution is -2.69. The van der Waals surface area contributed by atoms with Crippen molar-refractivity contribution in [2.75, 3.05) is 76.4 Å². The van der Waals surface area contributed by atoms with Crippen LogP contribution in [0.2, 0.25) is 10.0 Å². The maximum absolute atomic E-state index is 14.3. The second-order valence-corrected chi connectivity index (χ2v) is 29.5. The lowest BCUT2D eigenvalue weighted by Gasteiger charge is -2.53. The SMILES string of the molecule is COCC1OC(OC2OCC3OC4(OCC(O)(C(C)OC)C5OCOC54)OC3C2OC)C(OC)C(O)C1OC1OC(C)C(OC)C(OC2CC3(C)OC4(CC(O)C(OC5CC(OC6CC(C)(N([O-])O)C(OC)C(C)O6)C(OC(=O)c6c(C)c(Cl)c(O)c(Cl)c6OC)C(C)O5)C(C)O4)OC3C(C)O2)C1O. The average molecular weight is 1540 g/mol. The molecule has 35 atom stereocenters. The van der Waals surface area contributed by atoms with E-state index >= 15 is 0 Å². The summed E-state index contributed by atoms with van der Waals surface area (Å²) in [6.45, 7) is 14.1. The fourth-order valence-corrected chi connectivity index (χ4v) is 17.1. The molecule has 11 aliphatic heterocycles. The zero-order chi connectivity index (χ0) is 75.2. The van der Waals surface area contributed by atoms with Crippen LogP contribution < -0.4 is 4.74 Å². The summed E-state index contributed by atoms with van der Waals surface area (Å²) in [4.78, 5) is 14.3. The van der Waals surface area contributed by atoms with Crippen LogP contribution in [-0.2, 0) is 123 Å². The zero-order valence-corrected chi connectivity index (χ0v) is 62.2. The lowest BCUT2D eigenvalue weighted by atomic mass is 9.85. The number of hydrogen-bond donors (Lipinski definition) is 6. The number of methoxy groups -OCH3 is 7. The van der Waals surface area contributed by atoms with Crippen molar-refractivity contribution in [1.82, 2.24) is 5.23 Å². The summed E-state index contributed by atoms with van der Waals surface area (Å²) in [5.74, 6) is -5.37. The molecule has 0 bridgehead atoms. The Morgan fingerprint density at radius 1 is 0.663 bits per heavy atom. The van der Waals surface area contributed by atoms with Crippen LogP contribution in [0.1, 0.15) is 97.0 Å². The van der Waals surface area contributed by atoms with Gasteiger partial charge in [0.05, 0.1) is 86.6 Å². The van der Waals surface area contributed by atoms with Crippen LogP contribution in [0, 0.1) is 12.1 Å². The minimum Gasteiger partial charge on any atom is -0.762 e. The topological polar surface area (TPSA) is 414 Å². The second kappa shape index (κ2) is 32.0. The summed E-state index contributed by atoms with van der Waals surface area (Å²) in [5, 5.41) is 81.4. The number of halogens is 2. The van der Waals surface area contributed by atoms with Gasteiger partial charge in [0.1, 0.15) is 120 Å². The Labute approximate surface area is 610 Å². The average Bonchev–Trinajstić information content (AvgIpc) is 1.55. The van der Waals surface area contributed by atoms with E-state index < -0.39 is 225 Å². The van der Waals surface area contributed by atoms with E-state index in [0.29, 0.717) is 0 Å². The van der Waals surface area contributed by atoms with Crippen LogP contribution >= 0.6 is 23.2 Å². The van der Waals surface area contributed by atoms with Crippen molar-refractivity contribution in [3.8, 4) is 11.5 Å². The molecule has 12 rings (SSSR count). The Kier molecular flexibility index (Phi) is 24.9. The number of aromatic hydroxyl groups is 1. The van der Waals surface area contributed by atoms with Crippen LogP contribution in [0.25, 0.3) is 0 Å². The van der Waals surface area contributed by atoms with Gasteiger partial charge in [-0.05, 0) is 67.9 Å². The first-order chi connectivity index (χ1) is 49.3. The molecule has 594 valence electrons. The fraction of sp³-hybridized carbons (Fsp3) is 0.894. The van der Waals surface area contributed by atoms with Crippen molar-refractivity contribution in [2.24, 2.45) is 0 Å². The van der Waals surface area contributed by atoms with Gasteiger partial charge in [0, 0.05) is 61.9 Å². The molecule has 11 aliphatic rings. The number of rotatable bonds is 22. The maximum atomic E-state index is 14.3. The molecule has 36 nitrogen and oxygen atoms in total. The predicted octanol–water partition coefficient (Wildman–Crippen LogP) is 1.68. The Balaban J connectivity index is 0.689. The summed E-state index contributed by atoms with van der Waals surface area (Å²) in [6, 6.07) is 0. The number of phenolic OH excluding ortho intramolecular Hbond substituents is 1. The molecule has 0 amide bonds. The van der Waals surface area contributed by atoms with Crippen molar-refractivity contribution in [1.29, 1.82) is 0 Å². The van der Waals surface area contributed by atoms with E-state index in [-0.39, 0.29) is 84.4 Å². The first-order valence-corrected chi connectivity index (χ1v) is 35.5. The minimum absolute atomic E-state index is 0.00722. The van der Waals surface area contributed by atoms with Crippen LogP contribution in [0.5, 0.6) is 11.5 Å². The first kappa shape index (κ1) is 81.1. The van der Waals surface area contributed by atoms with E-state index in [0.717, 1.165) is 0 Å². The quantitative estimate of drug-likeness (QED) is 0.0710. The van der Waals surface area contributed by atoms with Gasteiger partial charge in [-0.15, -0.1) is 0 Å². The number of aliphatic hydroxyl groups is 4. The van der Waals surface area contributed by atoms with Gasteiger partial charge in [0.15, 0.2) is 61.4 Å². The van der Waals surface area contributed by atoms with Gasteiger partial charge in [-0.1, -0.05) is 23.2 Å². The van der Waals surface area contributed by atoms with Gasteiger partial charge in [0.2, 0.25) is 0 Å². The molecule has 11 saturated heterocycles. The summed E-state index contributed by atoms with van der Waals surface area (Å²) in [5.41, 5.74) is -4.49. The monoisotopic (exact) mass is 1540 g/mol. The highest BCUT2D eigenvalue weighted by molar-refractivity contribution is 6.39. The molecule has 0 aromatic heterocycles. The van der Waals surface area contributed by atoms with Gasteiger partial charge in [-0.25, -0.2) is 4.79 Å². The number of ether oxygens (including phenoxy) is 27. The Bertz CT molecular complexity index is 3090. The highest BCUT2D eigenvalue weighted by Crippen LogP contribution is 2.53. The zero-order valence-electron chi connectivity index (χ0n) is 60.7. The Morgan fingerprint density at radius 2 is 1.34 bits per heavy atom. The third-order valence-electron chi connectivity index (χ3n) is 22.0. The number of carbonyl (C=O) groups is 1. The summed E-state index contributed by atoms with van der Waals surface area (Å²) < 4.78 is 168. The number of nitrogens with zero attached hydrogens (tertiary/aromatic N) is 1. The highest BCUT2D eigenvalue weighted by Gasteiger charge is 2.71. The maximum Gasteiger partial charge on any atom is 0.342 e. The molecule has 0 radical (unpaired) electrons. The van der Waals surface area contributed by atoms with Crippen LogP contribution in [0.15, 0.2) is 0 Å². The Hall–Kier alpha value is -2.41. The molecule has 0 aliphatic carbocycles. The smallest absolute Gasteiger partial charge is 0.342 e. The van der Waals surface area contributed by atoms with Crippen molar-refractivity contribution in [3.63, 3.8) is 0 Å². The van der Waals surface area contributed by atoms with Crippen molar-refractivity contribution >= 4 is 29.2 Å². The molecule has 35 unspecified atom stereocenters. The lowest BCUT2D eigenvalue weighted by molar-refractivity contribution is -0.422. The molecule has 1 aromatic rings. The third kappa shape index (κ3) is 14.8. The third-order valence-corrected chi connectivity index (χ3v) is 22.8. The van der Waals surface area contributed by atoms with Crippen molar-refractivity contribution in [2.45, 2.75) is 301 Å². The molecule has 11 heterocycles. The predicted molar refractivity (Wildman–Crippen MR) is 344 cm³/mol. The van der Waals surface area contributed by atoms with Crippen LogP contribution in [-0.4, -0.2) is 331 Å². The van der Waals surface area contributed by atoms with E-state index in [9.17, 15) is 40.7 Å². The molecule has 0 saturated carbocycles. The van der Waals surface area contributed by atoms with Crippen molar-refractivity contribution < 1.29 is 163 Å². The molecule has 2 spiro atoms. The number of hydrogen-bond acceptors (Lipinski definition) is 36. The first-order valence-electron chi connectivity index (χ1n) is 34.8. The molecular weight excluding hydrogens is 1440 g/mol. The number of fused-ring (bicyclic) bond motifs is 4. The molecule has 104 heavy (non-hydrogen) atoms. The number of aliphatic hydroxyl groups excluding tert-OH is 3. The van der Waals surface area contributed by atoms with Gasteiger partial charge in [-0.2, -0.15) is 0 Å². The number of esters is 1. The number of hydroxylamine groups is 2. The van der Waals surface area contributed by atoms with E-state index in [2.05, 4.69) is 0 Å². The Morgan fingerprint density at radius 3 is 2.00 bits per heavy atom. The van der Waals surface area contributed by atoms with E-state index in [1.165, 1.54) is 63.6 Å². The molecular formula is C66H100Cl2NO35-. The van der Waals surface area contributed by atoms with Crippen molar-refractivity contribution in [3.05, 3.63) is 26.4 Å². The molecule has 6 N–H and O–H groups in total. The number of benzene rings is 1. The van der Waals surface area contributed by atoms with E-state index in [4.69, 9.17) is 151 Å². The summed E-state index contributed by atoms with van der Waals surface area (Å²) in [7, 11) is 9.71. The molecule has 38 heteroatoms. The van der Waals surface area contributed by atoms with Gasteiger partial charge in [0.25, 0.3) is 5.97 Å². The largest absolute Gasteiger partial charge is 0.762 e. The highest BCUT2D eigenvalue weighted by atomic mass is 35.5. The van der Waals surface area contributed by atoms with Gasteiger partial charge in [-0.3, -0.25) is 5.23 Å². The van der Waals surface area contributed by atoms with Crippen LogP contribution in [0.3, 0.4) is 0 Å². The fourth-order valence-electron chi connectivity index (χ4n) is 16.6. The number of carbonyl (C=O) groups excluding carboxylic acids is 1. The minimum atomic E-state index is -1.86.